The fraction of sp³-hybridized carbons (Fsp3) is 0.545. The lowest BCUT2D eigenvalue weighted by Gasteiger charge is -2.26. The number of hydrogen-bond acceptors (Lipinski definition) is 6. The first-order valence-electron chi connectivity index (χ1n) is 5.93. The summed E-state index contributed by atoms with van der Waals surface area (Å²) in [5, 5.41) is 8.93. The third kappa shape index (κ3) is 3.15. The van der Waals surface area contributed by atoms with Crippen LogP contribution in [0.15, 0.2) is 5.51 Å². The van der Waals surface area contributed by atoms with E-state index in [9.17, 15) is 18.0 Å². The monoisotopic (exact) mass is 318 g/mol. The minimum atomic E-state index is -3.19. The summed E-state index contributed by atoms with van der Waals surface area (Å²) in [6, 6.07) is -0.579. The van der Waals surface area contributed by atoms with Crippen LogP contribution in [0.5, 0.6) is 0 Å². The van der Waals surface area contributed by atoms with Gasteiger partial charge in [0.25, 0.3) is 5.91 Å². The molecule has 1 amide bonds. The lowest BCUT2D eigenvalue weighted by molar-refractivity contribution is -0.138. The number of amides is 1. The second kappa shape index (κ2) is 5.49. The van der Waals surface area contributed by atoms with Crippen molar-refractivity contribution >= 4 is 33.1 Å². The van der Waals surface area contributed by atoms with Crippen molar-refractivity contribution in [1.29, 1.82) is 0 Å². The predicted molar refractivity (Wildman–Crippen MR) is 72.6 cm³/mol. The van der Waals surface area contributed by atoms with Gasteiger partial charge in [0.05, 0.1) is 22.7 Å². The van der Waals surface area contributed by atoms with Crippen molar-refractivity contribution in [3.05, 3.63) is 16.1 Å². The van der Waals surface area contributed by atoms with Gasteiger partial charge in [-0.25, -0.2) is 13.4 Å². The Morgan fingerprint density at radius 1 is 1.55 bits per heavy atom. The van der Waals surface area contributed by atoms with Crippen LogP contribution in [-0.4, -0.2) is 59.4 Å². The van der Waals surface area contributed by atoms with Crippen LogP contribution in [0.2, 0.25) is 0 Å². The molecule has 0 aromatic carbocycles. The van der Waals surface area contributed by atoms with E-state index >= 15 is 0 Å². The zero-order valence-corrected chi connectivity index (χ0v) is 12.4. The maximum absolute atomic E-state index is 12.4. The van der Waals surface area contributed by atoms with Gasteiger partial charge in [-0.05, 0) is 13.3 Å². The molecule has 1 aromatic heterocycles. The minimum absolute atomic E-state index is 0.0112. The standard InChI is InChI=1S/C11H14N2O5S2/c1-7-10(19-6-12-7)11(16)13(4-9(14)15)8-2-3-20(17,18)5-8/h6,8H,2-5H2,1H3,(H,14,15). The van der Waals surface area contributed by atoms with Crippen molar-refractivity contribution in [1.82, 2.24) is 9.88 Å². The first-order valence-corrected chi connectivity index (χ1v) is 8.63. The smallest absolute Gasteiger partial charge is 0.323 e. The number of carbonyl (C=O) groups is 2. The number of rotatable bonds is 4. The quantitative estimate of drug-likeness (QED) is 0.848. The molecule has 110 valence electrons. The maximum Gasteiger partial charge on any atom is 0.323 e. The van der Waals surface area contributed by atoms with E-state index in [0.717, 1.165) is 16.2 Å². The predicted octanol–water partition coefficient (Wildman–Crippen LogP) is 0.165. The van der Waals surface area contributed by atoms with Gasteiger partial charge in [-0.3, -0.25) is 9.59 Å². The zero-order chi connectivity index (χ0) is 14.9. The molecular formula is C11H14N2O5S2. The molecule has 0 aliphatic carbocycles. The molecule has 7 nitrogen and oxygen atoms in total. The summed E-state index contributed by atoms with van der Waals surface area (Å²) >= 11 is 1.13. The number of aryl methyl sites for hydroxylation is 1. The summed E-state index contributed by atoms with van der Waals surface area (Å²) in [6.07, 6.45) is 0.277. The summed E-state index contributed by atoms with van der Waals surface area (Å²) in [7, 11) is -3.19. The lowest BCUT2D eigenvalue weighted by atomic mass is 10.2. The van der Waals surface area contributed by atoms with E-state index in [1.807, 2.05) is 0 Å². The van der Waals surface area contributed by atoms with Crippen molar-refractivity contribution in [3.63, 3.8) is 0 Å². The van der Waals surface area contributed by atoms with Gasteiger partial charge in [0.15, 0.2) is 9.84 Å². The SMILES string of the molecule is Cc1ncsc1C(=O)N(CC(=O)O)C1CCS(=O)(=O)C1. The van der Waals surface area contributed by atoms with Gasteiger partial charge in [0, 0.05) is 6.04 Å². The van der Waals surface area contributed by atoms with E-state index in [2.05, 4.69) is 4.98 Å². The van der Waals surface area contributed by atoms with Gasteiger partial charge in [-0.1, -0.05) is 0 Å². The number of hydrogen-bond donors (Lipinski definition) is 1. The Kier molecular flexibility index (Phi) is 4.09. The first kappa shape index (κ1) is 14.9. The Balaban J connectivity index is 2.27. The van der Waals surface area contributed by atoms with E-state index in [1.165, 1.54) is 5.51 Å². The molecule has 2 rings (SSSR count). The van der Waals surface area contributed by atoms with Crippen LogP contribution in [0.1, 0.15) is 21.8 Å². The summed E-state index contributed by atoms with van der Waals surface area (Å²) in [5.74, 6) is -1.81. The summed E-state index contributed by atoms with van der Waals surface area (Å²) < 4.78 is 23.0. The zero-order valence-electron chi connectivity index (χ0n) is 10.8. The third-order valence-corrected chi connectivity index (χ3v) is 5.82. The van der Waals surface area contributed by atoms with Gasteiger partial charge >= 0.3 is 5.97 Å². The molecule has 1 aromatic rings. The van der Waals surface area contributed by atoms with E-state index in [4.69, 9.17) is 5.11 Å². The molecule has 0 bridgehead atoms. The maximum atomic E-state index is 12.4. The highest BCUT2D eigenvalue weighted by molar-refractivity contribution is 7.91. The van der Waals surface area contributed by atoms with E-state index in [-0.39, 0.29) is 17.9 Å². The van der Waals surface area contributed by atoms with Gasteiger partial charge in [0.2, 0.25) is 0 Å². The second-order valence-corrected chi connectivity index (χ2v) is 7.73. The summed E-state index contributed by atoms with van der Waals surface area (Å²) in [5.41, 5.74) is 2.03. The van der Waals surface area contributed by atoms with Crippen LogP contribution < -0.4 is 0 Å². The normalized spacial score (nSPS) is 20.8. The number of carboxylic acids is 1. The van der Waals surface area contributed by atoms with Gasteiger partial charge in [0.1, 0.15) is 11.4 Å². The highest BCUT2D eigenvalue weighted by atomic mass is 32.2. The van der Waals surface area contributed by atoms with Crippen LogP contribution in [0.4, 0.5) is 0 Å². The van der Waals surface area contributed by atoms with E-state index in [0.29, 0.717) is 10.6 Å². The molecule has 9 heteroatoms. The number of nitrogens with zero attached hydrogens (tertiary/aromatic N) is 2. The number of aliphatic carboxylic acids is 1. The van der Waals surface area contributed by atoms with Crippen LogP contribution in [0.3, 0.4) is 0 Å². The molecule has 1 N–H and O–H groups in total. The second-order valence-electron chi connectivity index (χ2n) is 4.65. The number of aromatic nitrogens is 1. The van der Waals surface area contributed by atoms with E-state index in [1.54, 1.807) is 6.92 Å². The summed E-state index contributed by atoms with van der Waals surface area (Å²) in [4.78, 5) is 28.8. The first-order chi connectivity index (χ1) is 9.30. The number of carboxylic acid groups (broad SMARTS) is 1. The van der Waals surface area contributed by atoms with Crippen LogP contribution in [0, 0.1) is 6.92 Å². The van der Waals surface area contributed by atoms with Crippen LogP contribution in [-0.2, 0) is 14.6 Å². The van der Waals surface area contributed by atoms with Crippen molar-refractivity contribution in [2.45, 2.75) is 19.4 Å². The summed E-state index contributed by atoms with van der Waals surface area (Å²) in [6.45, 7) is 1.16. The molecule has 0 saturated carbocycles. The molecule has 1 saturated heterocycles. The number of thiazole rings is 1. The van der Waals surface area contributed by atoms with Crippen molar-refractivity contribution < 1.29 is 23.1 Å². The number of carbonyl (C=O) groups excluding carboxylic acids is 1. The molecule has 1 unspecified atom stereocenters. The average Bonchev–Trinajstić information content (AvgIpc) is 2.91. The van der Waals surface area contributed by atoms with Crippen molar-refractivity contribution in [2.75, 3.05) is 18.1 Å². The Morgan fingerprint density at radius 3 is 2.70 bits per heavy atom. The van der Waals surface area contributed by atoms with Gasteiger partial charge < -0.3 is 10.0 Å². The molecule has 1 aliphatic rings. The van der Waals surface area contributed by atoms with Crippen molar-refractivity contribution in [2.24, 2.45) is 0 Å². The van der Waals surface area contributed by atoms with Gasteiger partial charge in [-0.2, -0.15) is 0 Å². The molecule has 20 heavy (non-hydrogen) atoms. The number of sulfone groups is 1. The third-order valence-electron chi connectivity index (χ3n) is 3.16. The Labute approximate surface area is 120 Å². The van der Waals surface area contributed by atoms with Crippen LogP contribution >= 0.6 is 11.3 Å². The molecule has 1 fully saturated rings. The average molecular weight is 318 g/mol. The molecule has 0 spiro atoms. The van der Waals surface area contributed by atoms with E-state index < -0.39 is 34.3 Å². The molecular weight excluding hydrogens is 304 g/mol. The topological polar surface area (TPSA) is 105 Å². The highest BCUT2D eigenvalue weighted by Gasteiger charge is 2.36. The Morgan fingerprint density at radius 2 is 2.25 bits per heavy atom. The molecule has 1 aliphatic heterocycles. The fourth-order valence-corrected chi connectivity index (χ4v) is 4.66. The largest absolute Gasteiger partial charge is 0.480 e. The Hall–Kier alpha value is -1.48. The van der Waals surface area contributed by atoms with Crippen molar-refractivity contribution in [3.8, 4) is 0 Å². The molecule has 2 heterocycles. The van der Waals surface area contributed by atoms with Gasteiger partial charge in [-0.15, -0.1) is 11.3 Å². The Bertz CT molecular complexity index is 637. The lowest BCUT2D eigenvalue weighted by Crippen LogP contribution is -2.44. The van der Waals surface area contributed by atoms with Crippen LogP contribution in [0.25, 0.3) is 0 Å². The molecule has 1 atom stereocenters. The highest BCUT2D eigenvalue weighted by Crippen LogP contribution is 2.22. The fourth-order valence-electron chi connectivity index (χ4n) is 2.17. The molecule has 0 radical (unpaired) electrons. The minimum Gasteiger partial charge on any atom is -0.480 e.